The molecule has 102 valence electrons. The Hall–Kier alpha value is -1.00. The number of hydrogen-bond donors (Lipinski definition) is 1. The predicted octanol–water partition coefficient (Wildman–Crippen LogP) is 4.10. The molecule has 0 saturated heterocycles. The van der Waals surface area contributed by atoms with Crippen molar-refractivity contribution in [2.45, 2.75) is 5.16 Å². The average molecular weight is 391 g/mol. The van der Waals surface area contributed by atoms with Gasteiger partial charge in [-0.05, 0) is 28.3 Å². The molecule has 0 fully saturated rings. The molecule has 20 heavy (non-hydrogen) atoms. The van der Waals surface area contributed by atoms with E-state index in [0.29, 0.717) is 20.2 Å². The van der Waals surface area contributed by atoms with Crippen molar-refractivity contribution in [3.63, 3.8) is 0 Å². The lowest BCUT2D eigenvalue weighted by atomic mass is 10.1. The highest BCUT2D eigenvalue weighted by molar-refractivity contribution is 9.10. The van der Waals surface area contributed by atoms with Crippen LogP contribution in [0.25, 0.3) is 11.3 Å². The lowest BCUT2D eigenvalue weighted by Gasteiger charge is -2.09. The minimum Gasteiger partial charge on any atom is -0.300 e. The Labute approximate surface area is 137 Å². The van der Waals surface area contributed by atoms with E-state index in [-0.39, 0.29) is 16.3 Å². The number of H-pyrrole nitrogens is 1. The summed E-state index contributed by atoms with van der Waals surface area (Å²) in [5.74, 6) is 0. The third-order valence-electron chi connectivity index (χ3n) is 2.49. The molecule has 0 aliphatic rings. The lowest BCUT2D eigenvalue weighted by molar-refractivity contribution is 0.937. The largest absolute Gasteiger partial charge is 0.300 e. The van der Waals surface area contributed by atoms with Crippen LogP contribution >= 0.6 is 50.9 Å². The van der Waals surface area contributed by atoms with Crippen molar-refractivity contribution >= 4 is 50.9 Å². The zero-order chi connectivity index (χ0) is 14.9. The Morgan fingerprint density at radius 3 is 2.70 bits per heavy atom. The van der Waals surface area contributed by atoms with E-state index in [1.54, 1.807) is 18.4 Å². The standard InChI is InChI=1S/C12H6BrCl2N3OS/c1-20-12-17-10(6(4-16)11(19)18-12)5-2-3-7(13)9(15)8(5)14/h2-3H,1H3,(H,17,18,19). The number of nitrogens with one attached hydrogen (secondary N) is 1. The SMILES string of the molecule is CSc1nc(-c2ccc(Br)c(Cl)c2Cl)c(C#N)c(=O)[nH]1. The first-order valence-corrected chi connectivity index (χ1v) is 7.99. The second-order valence-corrected chi connectivity index (χ2v) is 6.04. The van der Waals surface area contributed by atoms with Crippen LogP contribution in [0.3, 0.4) is 0 Å². The number of aromatic nitrogens is 2. The summed E-state index contributed by atoms with van der Waals surface area (Å²) in [7, 11) is 0. The lowest BCUT2D eigenvalue weighted by Crippen LogP contribution is -2.14. The molecule has 8 heteroatoms. The average Bonchev–Trinajstić information content (AvgIpc) is 2.44. The minimum atomic E-state index is -0.503. The van der Waals surface area contributed by atoms with Gasteiger partial charge < -0.3 is 4.98 Å². The first kappa shape index (κ1) is 15.4. The van der Waals surface area contributed by atoms with Crippen LogP contribution in [0.1, 0.15) is 5.56 Å². The summed E-state index contributed by atoms with van der Waals surface area (Å²) in [6.45, 7) is 0. The second kappa shape index (κ2) is 6.19. The van der Waals surface area contributed by atoms with Crippen LogP contribution in [0.15, 0.2) is 26.6 Å². The predicted molar refractivity (Wildman–Crippen MR) is 84.5 cm³/mol. The molecule has 0 unspecified atom stereocenters. The van der Waals surface area contributed by atoms with E-state index >= 15 is 0 Å². The fourth-order valence-corrected chi connectivity index (χ4v) is 2.80. The molecule has 0 bridgehead atoms. The Morgan fingerprint density at radius 2 is 2.10 bits per heavy atom. The summed E-state index contributed by atoms with van der Waals surface area (Å²) >= 11 is 16.8. The van der Waals surface area contributed by atoms with E-state index in [9.17, 15) is 4.79 Å². The summed E-state index contributed by atoms with van der Waals surface area (Å²) in [6.07, 6.45) is 1.77. The maximum atomic E-state index is 11.9. The summed E-state index contributed by atoms with van der Waals surface area (Å²) in [6, 6.07) is 5.19. The van der Waals surface area contributed by atoms with E-state index in [0.717, 1.165) is 0 Å². The monoisotopic (exact) mass is 389 g/mol. The molecule has 0 atom stereocenters. The van der Waals surface area contributed by atoms with Gasteiger partial charge in [-0.25, -0.2) is 4.98 Å². The summed E-state index contributed by atoms with van der Waals surface area (Å²) in [5, 5.41) is 10.1. The molecule has 2 aromatic rings. The first-order valence-electron chi connectivity index (χ1n) is 5.21. The molecule has 1 aromatic heterocycles. The Kier molecular flexibility index (Phi) is 4.76. The summed E-state index contributed by atoms with van der Waals surface area (Å²) < 4.78 is 0.626. The smallest absolute Gasteiger partial charge is 0.270 e. The van der Waals surface area contributed by atoms with Crippen molar-refractivity contribution in [2.75, 3.05) is 6.26 Å². The number of hydrogen-bond acceptors (Lipinski definition) is 4. The third-order valence-corrected chi connectivity index (χ3v) is 4.84. The minimum absolute atomic E-state index is 0.0944. The van der Waals surface area contributed by atoms with Gasteiger partial charge in [-0.1, -0.05) is 41.0 Å². The van der Waals surface area contributed by atoms with Crippen LogP contribution in [0.2, 0.25) is 10.0 Å². The van der Waals surface area contributed by atoms with Crippen LogP contribution in [0.4, 0.5) is 0 Å². The molecular weight excluding hydrogens is 385 g/mol. The highest BCUT2D eigenvalue weighted by Gasteiger charge is 2.18. The van der Waals surface area contributed by atoms with Crippen molar-refractivity contribution in [3.8, 4) is 17.3 Å². The number of rotatable bonds is 2. The fourth-order valence-electron chi connectivity index (χ4n) is 1.56. The fraction of sp³-hybridized carbons (Fsp3) is 0.0833. The maximum Gasteiger partial charge on any atom is 0.270 e. The van der Waals surface area contributed by atoms with Gasteiger partial charge in [0.25, 0.3) is 5.56 Å². The second-order valence-electron chi connectivity index (χ2n) is 3.63. The van der Waals surface area contributed by atoms with Crippen molar-refractivity contribution in [1.82, 2.24) is 9.97 Å². The van der Waals surface area contributed by atoms with Crippen LogP contribution in [0.5, 0.6) is 0 Å². The van der Waals surface area contributed by atoms with Crippen LogP contribution in [0, 0.1) is 11.3 Å². The first-order chi connectivity index (χ1) is 9.49. The molecule has 1 N–H and O–H groups in total. The van der Waals surface area contributed by atoms with Gasteiger partial charge in [-0.2, -0.15) is 5.26 Å². The van der Waals surface area contributed by atoms with Gasteiger partial charge in [-0.3, -0.25) is 4.79 Å². The normalized spacial score (nSPS) is 10.3. The van der Waals surface area contributed by atoms with E-state index < -0.39 is 5.56 Å². The summed E-state index contributed by atoms with van der Waals surface area (Å²) in [5.41, 5.74) is 0.0675. The zero-order valence-electron chi connectivity index (χ0n) is 10.00. The Morgan fingerprint density at radius 1 is 1.40 bits per heavy atom. The van der Waals surface area contributed by atoms with Gasteiger partial charge in [0.1, 0.15) is 11.6 Å². The molecule has 0 radical (unpaired) electrons. The molecule has 2 rings (SSSR count). The molecule has 0 spiro atoms. The van der Waals surface area contributed by atoms with Crippen LogP contribution in [-0.2, 0) is 0 Å². The van der Waals surface area contributed by atoms with E-state index in [4.69, 9.17) is 28.5 Å². The van der Waals surface area contributed by atoms with Gasteiger partial charge in [-0.15, -0.1) is 0 Å². The Bertz CT molecular complexity index is 785. The molecule has 0 saturated carbocycles. The number of benzene rings is 1. The zero-order valence-corrected chi connectivity index (χ0v) is 13.9. The molecular formula is C12H6BrCl2N3OS. The van der Waals surface area contributed by atoms with Crippen LogP contribution < -0.4 is 5.56 Å². The number of nitrogens with zero attached hydrogens (tertiary/aromatic N) is 2. The van der Waals surface area contributed by atoms with E-state index in [1.165, 1.54) is 11.8 Å². The van der Waals surface area contributed by atoms with Gasteiger partial charge >= 0.3 is 0 Å². The number of aromatic amines is 1. The number of thioether (sulfide) groups is 1. The molecule has 0 aliphatic heterocycles. The number of halogens is 3. The van der Waals surface area contributed by atoms with Crippen molar-refractivity contribution in [2.24, 2.45) is 0 Å². The highest BCUT2D eigenvalue weighted by Crippen LogP contribution is 2.38. The molecule has 4 nitrogen and oxygen atoms in total. The van der Waals surface area contributed by atoms with Gasteiger partial charge in [0.2, 0.25) is 0 Å². The van der Waals surface area contributed by atoms with E-state index in [1.807, 2.05) is 6.07 Å². The van der Waals surface area contributed by atoms with Gasteiger partial charge in [0.05, 0.1) is 15.7 Å². The van der Waals surface area contributed by atoms with Gasteiger partial charge in [0.15, 0.2) is 5.16 Å². The molecule has 1 heterocycles. The molecule has 0 aliphatic carbocycles. The van der Waals surface area contributed by atoms with Crippen molar-refractivity contribution < 1.29 is 0 Å². The topological polar surface area (TPSA) is 69.5 Å². The third kappa shape index (κ3) is 2.72. The molecule has 1 aromatic carbocycles. The van der Waals surface area contributed by atoms with Crippen LogP contribution in [-0.4, -0.2) is 16.2 Å². The van der Waals surface area contributed by atoms with E-state index in [2.05, 4.69) is 25.9 Å². The highest BCUT2D eigenvalue weighted by atomic mass is 79.9. The number of nitriles is 1. The van der Waals surface area contributed by atoms with Gasteiger partial charge in [0, 0.05) is 10.0 Å². The quantitative estimate of drug-likeness (QED) is 0.476. The van der Waals surface area contributed by atoms with Crippen molar-refractivity contribution in [1.29, 1.82) is 5.26 Å². The Balaban J connectivity index is 2.82. The van der Waals surface area contributed by atoms with Crippen molar-refractivity contribution in [3.05, 3.63) is 42.6 Å². The summed E-state index contributed by atoms with van der Waals surface area (Å²) in [4.78, 5) is 18.6. The maximum absolute atomic E-state index is 11.9. The molecule has 0 amide bonds.